The van der Waals surface area contributed by atoms with Gasteiger partial charge in [-0.15, -0.1) is 0 Å². The minimum absolute atomic E-state index is 0.174. The van der Waals surface area contributed by atoms with Crippen molar-refractivity contribution in [1.82, 2.24) is 9.55 Å². The van der Waals surface area contributed by atoms with Gasteiger partial charge in [0.15, 0.2) is 16.3 Å². The van der Waals surface area contributed by atoms with Crippen LogP contribution in [0.15, 0.2) is 36.4 Å². The lowest BCUT2D eigenvalue weighted by atomic mass is 10.2. The fourth-order valence-electron chi connectivity index (χ4n) is 2.27. The highest BCUT2D eigenvalue weighted by molar-refractivity contribution is 7.71. The van der Waals surface area contributed by atoms with Crippen molar-refractivity contribution in [3.63, 3.8) is 0 Å². The van der Waals surface area contributed by atoms with E-state index in [2.05, 4.69) is 4.98 Å². The molecule has 0 bridgehead atoms. The predicted molar refractivity (Wildman–Crippen MR) is 81.5 cm³/mol. The molecule has 21 heavy (non-hydrogen) atoms. The highest BCUT2D eigenvalue weighted by atomic mass is 32.1. The standard InChI is InChI=1S/C15H13FN2O2S/c1-19-10-5-3-4-9(6-10)18-13-8-14(20-2)11(16)7-12(13)17-15(18)21/h3-8H,1-2H3,(H,17,21). The lowest BCUT2D eigenvalue weighted by molar-refractivity contribution is 0.387. The second kappa shape index (κ2) is 5.21. The van der Waals surface area contributed by atoms with E-state index in [4.69, 9.17) is 21.7 Å². The summed E-state index contributed by atoms with van der Waals surface area (Å²) in [5.41, 5.74) is 2.19. The Balaban J connectivity index is 2.31. The van der Waals surface area contributed by atoms with E-state index in [0.29, 0.717) is 10.3 Å². The summed E-state index contributed by atoms with van der Waals surface area (Å²) in [5, 5.41) is 0. The number of fused-ring (bicyclic) bond motifs is 1. The summed E-state index contributed by atoms with van der Waals surface area (Å²) >= 11 is 5.34. The first-order chi connectivity index (χ1) is 10.1. The van der Waals surface area contributed by atoms with Crippen molar-refractivity contribution < 1.29 is 13.9 Å². The molecule has 0 aliphatic rings. The minimum Gasteiger partial charge on any atom is -0.497 e. The molecule has 4 nitrogen and oxygen atoms in total. The molecule has 1 N–H and O–H groups in total. The van der Waals surface area contributed by atoms with E-state index in [9.17, 15) is 4.39 Å². The summed E-state index contributed by atoms with van der Waals surface area (Å²) < 4.78 is 26.3. The SMILES string of the molecule is COc1cccc(-n2c(=S)[nH]c3cc(F)c(OC)cc32)c1. The lowest BCUT2D eigenvalue weighted by Crippen LogP contribution is -1.96. The molecule has 2 aromatic carbocycles. The van der Waals surface area contributed by atoms with E-state index in [1.807, 2.05) is 28.8 Å². The van der Waals surface area contributed by atoms with Gasteiger partial charge in [-0.1, -0.05) is 6.07 Å². The minimum atomic E-state index is -0.431. The molecule has 6 heteroatoms. The third-order valence-electron chi connectivity index (χ3n) is 3.27. The quantitative estimate of drug-likeness (QED) is 0.747. The number of benzene rings is 2. The molecule has 0 spiro atoms. The van der Waals surface area contributed by atoms with E-state index < -0.39 is 5.82 Å². The van der Waals surface area contributed by atoms with Crippen LogP contribution in [-0.2, 0) is 0 Å². The van der Waals surface area contributed by atoms with Crippen molar-refractivity contribution in [1.29, 1.82) is 0 Å². The molecule has 3 rings (SSSR count). The molecule has 0 radical (unpaired) electrons. The zero-order valence-electron chi connectivity index (χ0n) is 11.5. The van der Waals surface area contributed by atoms with Gasteiger partial charge < -0.3 is 14.5 Å². The summed E-state index contributed by atoms with van der Waals surface area (Å²) in [6, 6.07) is 10.5. The Kier molecular flexibility index (Phi) is 3.39. The topological polar surface area (TPSA) is 39.2 Å². The summed E-state index contributed by atoms with van der Waals surface area (Å²) in [4.78, 5) is 3.00. The van der Waals surface area contributed by atoms with Crippen molar-refractivity contribution in [3.05, 3.63) is 47.0 Å². The molecule has 0 saturated heterocycles. The average molecular weight is 304 g/mol. The lowest BCUT2D eigenvalue weighted by Gasteiger charge is -2.08. The maximum atomic E-state index is 13.8. The van der Waals surface area contributed by atoms with Crippen LogP contribution >= 0.6 is 12.2 Å². The smallest absolute Gasteiger partial charge is 0.182 e. The predicted octanol–water partition coefficient (Wildman–Crippen LogP) is 3.84. The number of ether oxygens (including phenoxy) is 2. The molecule has 0 aliphatic carbocycles. The number of halogens is 1. The van der Waals surface area contributed by atoms with Gasteiger partial charge in [0.25, 0.3) is 0 Å². The molecule has 1 aromatic heterocycles. The van der Waals surface area contributed by atoms with Crippen LogP contribution in [0.1, 0.15) is 0 Å². The van der Waals surface area contributed by atoms with Gasteiger partial charge in [0.05, 0.1) is 30.9 Å². The largest absolute Gasteiger partial charge is 0.497 e. The Morgan fingerprint density at radius 1 is 1.14 bits per heavy atom. The molecular weight excluding hydrogens is 291 g/mol. The van der Waals surface area contributed by atoms with E-state index in [-0.39, 0.29) is 5.75 Å². The second-order valence-electron chi connectivity index (χ2n) is 4.47. The number of methoxy groups -OCH3 is 2. The number of rotatable bonds is 3. The Morgan fingerprint density at radius 3 is 2.67 bits per heavy atom. The summed E-state index contributed by atoms with van der Waals surface area (Å²) in [5.74, 6) is 0.463. The third kappa shape index (κ3) is 2.27. The molecule has 0 amide bonds. The number of nitrogens with zero attached hydrogens (tertiary/aromatic N) is 1. The first-order valence-electron chi connectivity index (χ1n) is 6.26. The van der Waals surface area contributed by atoms with Crippen LogP contribution in [0.25, 0.3) is 16.7 Å². The Bertz CT molecular complexity index is 870. The van der Waals surface area contributed by atoms with Crippen LogP contribution in [0.4, 0.5) is 4.39 Å². The third-order valence-corrected chi connectivity index (χ3v) is 3.55. The molecule has 0 saturated carbocycles. The number of hydrogen-bond donors (Lipinski definition) is 1. The van der Waals surface area contributed by atoms with Crippen LogP contribution in [0.5, 0.6) is 11.5 Å². The van der Waals surface area contributed by atoms with Crippen LogP contribution in [0.3, 0.4) is 0 Å². The number of aromatic nitrogens is 2. The van der Waals surface area contributed by atoms with E-state index in [0.717, 1.165) is 17.0 Å². The van der Waals surface area contributed by atoms with Gasteiger partial charge in [-0.05, 0) is 24.4 Å². The summed E-state index contributed by atoms with van der Waals surface area (Å²) in [7, 11) is 3.04. The highest BCUT2D eigenvalue weighted by Gasteiger charge is 2.12. The first-order valence-corrected chi connectivity index (χ1v) is 6.67. The Morgan fingerprint density at radius 2 is 1.95 bits per heavy atom. The van der Waals surface area contributed by atoms with E-state index in [1.54, 1.807) is 13.2 Å². The van der Waals surface area contributed by atoms with Crippen molar-refractivity contribution >= 4 is 23.3 Å². The van der Waals surface area contributed by atoms with Crippen LogP contribution in [-0.4, -0.2) is 23.8 Å². The fraction of sp³-hybridized carbons (Fsp3) is 0.133. The molecule has 1 heterocycles. The number of hydrogen-bond acceptors (Lipinski definition) is 3. The molecule has 0 atom stereocenters. The number of H-pyrrole nitrogens is 1. The number of aromatic amines is 1. The zero-order chi connectivity index (χ0) is 15.0. The van der Waals surface area contributed by atoms with Crippen molar-refractivity contribution in [2.45, 2.75) is 0 Å². The molecule has 0 unspecified atom stereocenters. The monoisotopic (exact) mass is 304 g/mol. The van der Waals surface area contributed by atoms with Crippen LogP contribution < -0.4 is 9.47 Å². The van der Waals surface area contributed by atoms with Gasteiger partial charge in [-0.2, -0.15) is 0 Å². The molecule has 3 aromatic rings. The van der Waals surface area contributed by atoms with E-state index >= 15 is 0 Å². The summed E-state index contributed by atoms with van der Waals surface area (Å²) in [6.07, 6.45) is 0. The van der Waals surface area contributed by atoms with Gasteiger partial charge in [-0.3, -0.25) is 4.57 Å². The summed E-state index contributed by atoms with van der Waals surface area (Å²) in [6.45, 7) is 0. The van der Waals surface area contributed by atoms with Gasteiger partial charge in [0.2, 0.25) is 0 Å². The van der Waals surface area contributed by atoms with Gasteiger partial charge in [0, 0.05) is 18.2 Å². The normalized spacial score (nSPS) is 10.8. The van der Waals surface area contributed by atoms with Gasteiger partial charge in [-0.25, -0.2) is 4.39 Å². The van der Waals surface area contributed by atoms with Crippen molar-refractivity contribution in [3.8, 4) is 17.2 Å². The molecule has 108 valence electrons. The maximum absolute atomic E-state index is 13.8. The van der Waals surface area contributed by atoms with Gasteiger partial charge >= 0.3 is 0 Å². The van der Waals surface area contributed by atoms with Crippen molar-refractivity contribution in [2.75, 3.05) is 14.2 Å². The molecular formula is C15H13FN2O2S. The second-order valence-corrected chi connectivity index (χ2v) is 4.86. The highest BCUT2D eigenvalue weighted by Crippen LogP contribution is 2.27. The maximum Gasteiger partial charge on any atom is 0.182 e. The first kappa shape index (κ1) is 13.6. The van der Waals surface area contributed by atoms with Crippen LogP contribution in [0, 0.1) is 10.6 Å². The molecule has 0 aliphatic heterocycles. The number of nitrogens with one attached hydrogen (secondary N) is 1. The van der Waals surface area contributed by atoms with E-state index in [1.165, 1.54) is 13.2 Å². The average Bonchev–Trinajstić information content (AvgIpc) is 2.81. The number of imidazole rings is 1. The Hall–Kier alpha value is -2.34. The van der Waals surface area contributed by atoms with Crippen molar-refractivity contribution in [2.24, 2.45) is 0 Å². The zero-order valence-corrected chi connectivity index (χ0v) is 12.3. The fourth-order valence-corrected chi connectivity index (χ4v) is 2.58. The molecule has 0 fully saturated rings. The van der Waals surface area contributed by atoms with Crippen LogP contribution in [0.2, 0.25) is 0 Å². The van der Waals surface area contributed by atoms with Gasteiger partial charge in [0.1, 0.15) is 5.75 Å². The Labute approximate surface area is 125 Å².